The zero-order chi connectivity index (χ0) is 23.4. The van der Waals surface area contributed by atoms with Gasteiger partial charge in [0.1, 0.15) is 11.5 Å². The molecule has 0 aliphatic heterocycles. The van der Waals surface area contributed by atoms with Gasteiger partial charge in [0.15, 0.2) is 0 Å². The second kappa shape index (κ2) is 9.86. The van der Waals surface area contributed by atoms with E-state index in [4.69, 9.17) is 0 Å². The number of para-hydroxylation sites is 1. The third-order valence-electron chi connectivity index (χ3n) is 5.09. The summed E-state index contributed by atoms with van der Waals surface area (Å²) < 4.78 is 16.8. The van der Waals surface area contributed by atoms with Crippen LogP contribution in [0, 0.1) is 19.7 Å². The van der Waals surface area contributed by atoms with Crippen LogP contribution >= 0.6 is 11.8 Å². The zero-order valence-electron chi connectivity index (χ0n) is 18.3. The zero-order valence-corrected chi connectivity index (χ0v) is 19.1. The van der Waals surface area contributed by atoms with E-state index in [0.29, 0.717) is 22.6 Å². The van der Waals surface area contributed by atoms with Gasteiger partial charge in [-0.2, -0.15) is 0 Å². The van der Waals surface area contributed by atoms with Crippen molar-refractivity contribution in [3.05, 3.63) is 76.0 Å². The van der Waals surface area contributed by atoms with Crippen molar-refractivity contribution in [3.8, 4) is 5.69 Å². The number of halogens is 1. The second-order valence-corrected chi connectivity index (χ2v) is 8.72. The Morgan fingerprint density at radius 1 is 1.09 bits per heavy atom. The Bertz CT molecular complexity index is 1200. The molecule has 0 aliphatic carbocycles. The first-order chi connectivity index (χ1) is 15.2. The Kier molecular flexibility index (Phi) is 7.19. The van der Waals surface area contributed by atoms with Crippen LogP contribution in [0.15, 0.2) is 53.3 Å². The van der Waals surface area contributed by atoms with Crippen LogP contribution in [0.5, 0.6) is 0 Å². The Hall–Kier alpha value is -3.33. The molecule has 32 heavy (non-hydrogen) atoms. The first-order valence-corrected chi connectivity index (χ1v) is 11.1. The smallest absolute Gasteiger partial charge is 0.295 e. The van der Waals surface area contributed by atoms with Gasteiger partial charge in [-0.15, -0.1) is 11.8 Å². The minimum Gasteiger partial charge on any atom is -0.325 e. The van der Waals surface area contributed by atoms with Gasteiger partial charge in [-0.1, -0.05) is 24.3 Å². The van der Waals surface area contributed by atoms with E-state index in [1.54, 1.807) is 44.6 Å². The van der Waals surface area contributed by atoms with Crippen LogP contribution in [0.2, 0.25) is 0 Å². The summed E-state index contributed by atoms with van der Waals surface area (Å²) in [6.07, 6.45) is 0. The summed E-state index contributed by atoms with van der Waals surface area (Å²) in [4.78, 5) is 37.7. The lowest BCUT2D eigenvalue weighted by Gasteiger charge is -2.12. The monoisotopic (exact) mass is 456 g/mol. The SMILES string of the molecule is Cc1ccc(NC(=O)CSC(C)C(=O)Nc2c(C)n(C)n(-c3ccccc3)c2=O)cc1F. The molecule has 168 valence electrons. The van der Waals surface area contributed by atoms with E-state index in [2.05, 4.69) is 10.6 Å². The van der Waals surface area contributed by atoms with Crippen LogP contribution in [0.25, 0.3) is 5.69 Å². The molecule has 2 amide bonds. The van der Waals surface area contributed by atoms with Crippen molar-refractivity contribution in [1.29, 1.82) is 0 Å². The van der Waals surface area contributed by atoms with Gasteiger partial charge < -0.3 is 10.6 Å². The molecular formula is C23H25FN4O3S. The maximum absolute atomic E-state index is 13.6. The summed E-state index contributed by atoms with van der Waals surface area (Å²) in [7, 11) is 1.75. The van der Waals surface area contributed by atoms with Gasteiger partial charge in [0.25, 0.3) is 5.56 Å². The lowest BCUT2D eigenvalue weighted by molar-refractivity contribution is -0.115. The molecule has 9 heteroatoms. The van der Waals surface area contributed by atoms with Crippen molar-refractivity contribution < 1.29 is 14.0 Å². The number of aryl methyl sites for hydroxylation is 1. The molecule has 3 rings (SSSR count). The number of rotatable bonds is 7. The Morgan fingerprint density at radius 2 is 1.78 bits per heavy atom. The normalized spacial score (nSPS) is 11.8. The van der Waals surface area contributed by atoms with Gasteiger partial charge in [0, 0.05) is 12.7 Å². The molecule has 0 spiro atoms. The van der Waals surface area contributed by atoms with Crippen molar-refractivity contribution in [2.24, 2.45) is 7.05 Å². The number of carbonyl (C=O) groups is 2. The number of nitrogens with one attached hydrogen (secondary N) is 2. The highest BCUT2D eigenvalue weighted by Gasteiger charge is 2.21. The number of thioether (sulfide) groups is 1. The third-order valence-corrected chi connectivity index (χ3v) is 6.23. The van der Waals surface area contributed by atoms with Gasteiger partial charge in [0.2, 0.25) is 11.8 Å². The quantitative estimate of drug-likeness (QED) is 0.569. The topological polar surface area (TPSA) is 85.1 Å². The first kappa shape index (κ1) is 23.3. The number of nitrogens with zero attached hydrogens (tertiary/aromatic N) is 2. The standard InChI is InChI=1S/C23H25FN4O3S/c1-14-10-11-17(12-19(14)24)25-20(29)13-32-16(3)22(30)26-21-15(2)27(4)28(23(21)31)18-8-6-5-7-9-18/h5-12,16H,13H2,1-4H3,(H,25,29)(H,26,30). The highest BCUT2D eigenvalue weighted by atomic mass is 32.2. The van der Waals surface area contributed by atoms with E-state index in [1.165, 1.54) is 10.7 Å². The molecule has 3 aromatic rings. The first-order valence-electron chi connectivity index (χ1n) is 10.0. The summed E-state index contributed by atoms with van der Waals surface area (Å²) in [5.41, 5.74) is 2.02. The van der Waals surface area contributed by atoms with Crippen molar-refractivity contribution in [2.75, 3.05) is 16.4 Å². The summed E-state index contributed by atoms with van der Waals surface area (Å²) in [5, 5.41) is 4.73. The average molecular weight is 457 g/mol. The molecule has 0 saturated carbocycles. The number of benzene rings is 2. The molecule has 2 aromatic carbocycles. The molecule has 7 nitrogen and oxygen atoms in total. The predicted molar refractivity (Wildman–Crippen MR) is 126 cm³/mol. The number of aromatic nitrogens is 2. The molecule has 0 bridgehead atoms. The van der Waals surface area contributed by atoms with Gasteiger partial charge in [-0.05, 0) is 50.6 Å². The van der Waals surface area contributed by atoms with Crippen LogP contribution in [0.3, 0.4) is 0 Å². The van der Waals surface area contributed by atoms with Crippen LogP contribution < -0.4 is 16.2 Å². The minimum atomic E-state index is -0.584. The third kappa shape index (κ3) is 5.11. The molecule has 1 unspecified atom stereocenters. The fraction of sp³-hybridized carbons (Fsp3) is 0.261. The van der Waals surface area contributed by atoms with Crippen molar-refractivity contribution in [3.63, 3.8) is 0 Å². The molecule has 0 aliphatic rings. The Labute approximate surface area is 189 Å². The molecule has 1 heterocycles. The molecule has 1 aromatic heterocycles. The van der Waals surface area contributed by atoms with Crippen molar-refractivity contribution >= 4 is 35.0 Å². The fourth-order valence-electron chi connectivity index (χ4n) is 3.08. The minimum absolute atomic E-state index is 0.00605. The molecule has 2 N–H and O–H groups in total. The van der Waals surface area contributed by atoms with E-state index in [9.17, 15) is 18.8 Å². The van der Waals surface area contributed by atoms with Gasteiger partial charge in [-0.3, -0.25) is 19.1 Å². The molecular weight excluding hydrogens is 431 g/mol. The maximum Gasteiger partial charge on any atom is 0.295 e. The number of amides is 2. The summed E-state index contributed by atoms with van der Waals surface area (Å²) in [6.45, 7) is 5.05. The lowest BCUT2D eigenvalue weighted by Crippen LogP contribution is -2.28. The average Bonchev–Trinajstić information content (AvgIpc) is 2.98. The van der Waals surface area contributed by atoms with Crippen molar-refractivity contribution in [2.45, 2.75) is 26.0 Å². The second-order valence-electron chi connectivity index (χ2n) is 7.39. The number of hydrogen-bond donors (Lipinski definition) is 2. The van der Waals surface area contributed by atoms with E-state index >= 15 is 0 Å². The molecule has 0 saturated heterocycles. The largest absolute Gasteiger partial charge is 0.325 e. The molecule has 0 fully saturated rings. The van der Waals surface area contributed by atoms with E-state index in [0.717, 1.165) is 11.8 Å². The van der Waals surface area contributed by atoms with Crippen LogP contribution in [-0.2, 0) is 16.6 Å². The van der Waals surface area contributed by atoms with Crippen LogP contribution in [0.4, 0.5) is 15.8 Å². The van der Waals surface area contributed by atoms with Gasteiger partial charge in [-0.25, -0.2) is 9.07 Å². The van der Waals surface area contributed by atoms with Crippen molar-refractivity contribution in [1.82, 2.24) is 9.36 Å². The number of anilines is 2. The summed E-state index contributed by atoms with van der Waals surface area (Å²) in [5.74, 6) is -1.12. The van der Waals surface area contributed by atoms with E-state index < -0.39 is 11.1 Å². The van der Waals surface area contributed by atoms with E-state index in [-0.39, 0.29) is 28.8 Å². The highest BCUT2D eigenvalue weighted by Crippen LogP contribution is 2.18. The van der Waals surface area contributed by atoms with Gasteiger partial charge in [0.05, 0.1) is 22.4 Å². The number of carbonyl (C=O) groups excluding carboxylic acids is 2. The molecule has 0 radical (unpaired) electrons. The lowest BCUT2D eigenvalue weighted by atomic mass is 10.2. The Morgan fingerprint density at radius 3 is 2.44 bits per heavy atom. The summed E-state index contributed by atoms with van der Waals surface area (Å²) in [6, 6.07) is 13.6. The highest BCUT2D eigenvalue weighted by molar-refractivity contribution is 8.01. The summed E-state index contributed by atoms with van der Waals surface area (Å²) >= 11 is 1.12. The Balaban J connectivity index is 1.63. The van der Waals surface area contributed by atoms with Crippen LogP contribution in [-0.4, -0.2) is 32.2 Å². The number of hydrogen-bond acceptors (Lipinski definition) is 4. The van der Waals surface area contributed by atoms with E-state index in [1.807, 2.05) is 30.3 Å². The molecule has 1 atom stereocenters. The van der Waals surface area contributed by atoms with Gasteiger partial charge >= 0.3 is 0 Å². The fourth-order valence-corrected chi connectivity index (χ4v) is 3.77. The predicted octanol–water partition coefficient (Wildman–Crippen LogP) is 3.63. The maximum atomic E-state index is 13.6. The van der Waals surface area contributed by atoms with Crippen LogP contribution in [0.1, 0.15) is 18.2 Å².